The van der Waals surface area contributed by atoms with Gasteiger partial charge in [-0.25, -0.2) is 18.1 Å². The highest BCUT2D eigenvalue weighted by atomic mass is 32.2. The summed E-state index contributed by atoms with van der Waals surface area (Å²) in [6.45, 7) is 9.75. The van der Waals surface area contributed by atoms with E-state index in [1.807, 2.05) is 18.7 Å². The van der Waals surface area contributed by atoms with Gasteiger partial charge < -0.3 is 9.64 Å². The van der Waals surface area contributed by atoms with Crippen LogP contribution in [0, 0.1) is 18.3 Å². The number of alkyl halides is 3. The zero-order valence-electron chi connectivity index (χ0n) is 23.1. The van der Waals surface area contributed by atoms with Gasteiger partial charge in [0.2, 0.25) is 0 Å². The summed E-state index contributed by atoms with van der Waals surface area (Å²) in [5.41, 5.74) is 0.779. The fourth-order valence-corrected chi connectivity index (χ4v) is 5.88. The Labute approximate surface area is 231 Å². The number of rotatable bonds is 8. The minimum atomic E-state index is -4.43. The van der Waals surface area contributed by atoms with Crippen molar-refractivity contribution in [1.82, 2.24) is 25.3 Å². The number of anilines is 2. The topological polar surface area (TPSA) is 133 Å². The van der Waals surface area contributed by atoms with Crippen LogP contribution in [0.2, 0.25) is 0 Å². The number of ether oxygens (including phenoxy) is 1. The fraction of sp³-hybridized carbons (Fsp3) is 0.560. The highest BCUT2D eigenvalue weighted by molar-refractivity contribution is 7.90. The number of aromatic amines is 1. The van der Waals surface area contributed by atoms with E-state index in [-0.39, 0.29) is 33.4 Å². The first-order chi connectivity index (χ1) is 18.4. The van der Waals surface area contributed by atoms with Gasteiger partial charge in [0.1, 0.15) is 22.8 Å². The lowest BCUT2D eigenvalue weighted by Crippen LogP contribution is -2.43. The van der Waals surface area contributed by atoms with Gasteiger partial charge in [-0.2, -0.15) is 23.7 Å². The van der Waals surface area contributed by atoms with Crippen LogP contribution in [0.5, 0.6) is 0 Å². The molecule has 4 rings (SSSR count). The van der Waals surface area contributed by atoms with Crippen molar-refractivity contribution in [3.8, 4) is 0 Å². The minimum absolute atomic E-state index is 0.0542. The van der Waals surface area contributed by atoms with Crippen LogP contribution in [-0.2, 0) is 14.8 Å². The van der Waals surface area contributed by atoms with Crippen LogP contribution in [0.15, 0.2) is 35.5 Å². The number of hydrogen-bond donors (Lipinski definition) is 3. The second-order valence-corrected chi connectivity index (χ2v) is 13.1. The number of nitrogens with one attached hydrogen (secondary N) is 3. The maximum absolute atomic E-state index is 13.3. The molecular formula is C25H34F3N7O4S. The molecule has 2 aromatic heterocycles. The third-order valence-corrected chi connectivity index (χ3v) is 8.50. The number of carbonyl (C=O) groups excluding carboxylic acids is 1. The van der Waals surface area contributed by atoms with E-state index in [9.17, 15) is 26.4 Å². The van der Waals surface area contributed by atoms with Crippen molar-refractivity contribution >= 4 is 27.6 Å². The number of aryl methyl sites for hydroxylation is 1. The smallest absolute Gasteiger partial charge is 0.357 e. The highest BCUT2D eigenvalue weighted by Crippen LogP contribution is 2.39. The molecule has 1 fully saturated rings. The van der Waals surface area contributed by atoms with Gasteiger partial charge in [-0.3, -0.25) is 14.9 Å². The largest absolute Gasteiger partial charge is 0.396 e. The summed E-state index contributed by atoms with van der Waals surface area (Å²) in [5.74, 6) is 0.0490. The first kappa shape index (κ1) is 29.8. The van der Waals surface area contributed by atoms with E-state index in [1.54, 1.807) is 12.3 Å². The van der Waals surface area contributed by atoms with Gasteiger partial charge in [-0.05, 0) is 65.2 Å². The zero-order valence-corrected chi connectivity index (χ0v) is 23.9. The van der Waals surface area contributed by atoms with Crippen LogP contribution >= 0.6 is 0 Å². The molecule has 220 valence electrons. The Balaban J connectivity index is 1.60. The number of hydrazine groups is 1. The highest BCUT2D eigenvalue weighted by Gasteiger charge is 2.48. The number of amides is 1. The van der Waals surface area contributed by atoms with Crippen LogP contribution in [0.25, 0.3) is 0 Å². The average molecular weight is 586 g/mol. The van der Waals surface area contributed by atoms with Crippen molar-refractivity contribution in [2.45, 2.75) is 70.8 Å². The summed E-state index contributed by atoms with van der Waals surface area (Å²) in [5, 5.41) is 7.76. The molecule has 1 saturated heterocycles. The van der Waals surface area contributed by atoms with E-state index in [0.29, 0.717) is 12.4 Å². The molecule has 11 nitrogen and oxygen atoms in total. The van der Waals surface area contributed by atoms with Gasteiger partial charge in [-0.15, -0.1) is 0 Å². The summed E-state index contributed by atoms with van der Waals surface area (Å²) in [6.07, 6.45) is -0.124. The van der Waals surface area contributed by atoms with Gasteiger partial charge in [0, 0.05) is 24.5 Å². The molecule has 1 amide bonds. The molecule has 40 heavy (non-hydrogen) atoms. The van der Waals surface area contributed by atoms with E-state index in [1.165, 1.54) is 30.3 Å². The molecule has 2 atom stereocenters. The van der Waals surface area contributed by atoms with Gasteiger partial charge in [-0.1, -0.05) is 6.92 Å². The number of sulfonamides is 1. The molecule has 15 heteroatoms. The van der Waals surface area contributed by atoms with Crippen LogP contribution in [0.3, 0.4) is 0 Å². The first-order valence-corrected chi connectivity index (χ1v) is 14.2. The molecule has 0 spiro atoms. The van der Waals surface area contributed by atoms with E-state index >= 15 is 0 Å². The molecule has 2 aliphatic heterocycles. The van der Waals surface area contributed by atoms with Crippen molar-refractivity contribution in [2.24, 2.45) is 11.3 Å². The number of nitrogens with zero attached hydrogens (tertiary/aromatic N) is 4. The molecule has 1 unspecified atom stereocenters. The van der Waals surface area contributed by atoms with Crippen molar-refractivity contribution in [3.05, 3.63) is 41.9 Å². The lowest BCUT2D eigenvalue weighted by Gasteiger charge is -2.34. The van der Waals surface area contributed by atoms with Crippen LogP contribution in [-0.4, -0.2) is 60.6 Å². The fourth-order valence-electron chi connectivity index (χ4n) is 4.77. The van der Waals surface area contributed by atoms with Gasteiger partial charge in [0.05, 0.1) is 23.3 Å². The predicted octanol–water partition coefficient (Wildman–Crippen LogP) is 3.63. The van der Waals surface area contributed by atoms with Crippen LogP contribution in [0.4, 0.5) is 24.8 Å². The van der Waals surface area contributed by atoms with Crippen LogP contribution < -0.4 is 20.1 Å². The molecule has 0 aliphatic carbocycles. The summed E-state index contributed by atoms with van der Waals surface area (Å²) in [4.78, 5) is 19.9. The summed E-state index contributed by atoms with van der Waals surface area (Å²) >= 11 is 0. The van der Waals surface area contributed by atoms with Gasteiger partial charge in [0.25, 0.3) is 15.9 Å². The van der Waals surface area contributed by atoms with Crippen LogP contribution in [0.1, 0.15) is 57.1 Å². The maximum Gasteiger partial charge on any atom is 0.396 e. The SMILES string of the molecule is Cc1n[nH]cc1S(=O)(=O)NC(=O)c1ccc(N2C=CC(OCC(C)(C)C(F)(F)F)N2)nc1N1C[C@@H](C)CC1(C)C. The molecule has 0 aromatic carbocycles. The summed E-state index contributed by atoms with van der Waals surface area (Å²) in [7, 11) is -4.21. The number of hydrogen-bond acceptors (Lipinski definition) is 9. The maximum atomic E-state index is 13.3. The Morgan fingerprint density at radius 2 is 1.98 bits per heavy atom. The number of H-pyrrole nitrogens is 1. The lowest BCUT2D eigenvalue weighted by molar-refractivity contribution is -0.230. The number of aromatic nitrogens is 3. The van der Waals surface area contributed by atoms with Crippen molar-refractivity contribution in [2.75, 3.05) is 23.1 Å². The molecular weight excluding hydrogens is 551 g/mol. The monoisotopic (exact) mass is 585 g/mol. The second-order valence-electron chi connectivity index (χ2n) is 11.5. The first-order valence-electron chi connectivity index (χ1n) is 12.7. The number of carbonyl (C=O) groups is 1. The molecule has 2 aliphatic rings. The molecule has 4 heterocycles. The third-order valence-electron chi connectivity index (χ3n) is 7.05. The van der Waals surface area contributed by atoms with E-state index in [4.69, 9.17) is 9.72 Å². The molecule has 0 radical (unpaired) electrons. The Hall–Kier alpha value is -3.17. The Bertz CT molecular complexity index is 1410. The predicted molar refractivity (Wildman–Crippen MR) is 142 cm³/mol. The third kappa shape index (κ3) is 5.95. The van der Waals surface area contributed by atoms with E-state index in [2.05, 4.69) is 27.3 Å². The lowest BCUT2D eigenvalue weighted by atomic mass is 9.94. The summed E-state index contributed by atoms with van der Waals surface area (Å²) < 4.78 is 73.0. The summed E-state index contributed by atoms with van der Waals surface area (Å²) in [6, 6.07) is 2.99. The zero-order chi connectivity index (χ0) is 29.7. The molecule has 0 saturated carbocycles. The van der Waals surface area contributed by atoms with Crippen molar-refractivity contribution < 1.29 is 31.1 Å². The van der Waals surface area contributed by atoms with Gasteiger partial charge in [0.15, 0.2) is 0 Å². The van der Waals surface area contributed by atoms with Gasteiger partial charge >= 0.3 is 6.18 Å². The normalized spacial score (nSPS) is 21.3. The number of pyridine rings is 1. The number of halogens is 3. The quantitative estimate of drug-likeness (QED) is 0.425. The second kappa shape index (κ2) is 10.3. The Morgan fingerprint density at radius 3 is 2.55 bits per heavy atom. The minimum Gasteiger partial charge on any atom is -0.357 e. The molecule has 0 bridgehead atoms. The average Bonchev–Trinajstić information content (AvgIpc) is 3.54. The van der Waals surface area contributed by atoms with E-state index < -0.39 is 40.4 Å². The molecule has 2 aromatic rings. The molecule has 3 N–H and O–H groups in total. The van der Waals surface area contributed by atoms with Crippen molar-refractivity contribution in [3.63, 3.8) is 0 Å². The Kier molecular flexibility index (Phi) is 7.71. The standard InChI is InChI=1S/C25H34F3N7O4S/c1-15-11-24(5,6)34(13-15)21-17(22(36)33-40(37,38)18-12-29-31-16(18)2)7-8-19(30-21)35-10-9-20(32-35)39-14-23(3,4)25(26,27)28/h7-10,12,15,20,32H,11,13-14H2,1-6H3,(H,29,31)(H,33,36)/t15-,20?/m0/s1. The van der Waals surface area contributed by atoms with Crippen molar-refractivity contribution in [1.29, 1.82) is 0 Å². The van der Waals surface area contributed by atoms with E-state index in [0.717, 1.165) is 20.3 Å². The Morgan fingerprint density at radius 1 is 1.27 bits per heavy atom.